The minimum Gasteiger partial charge on any atom is -0.445 e. The molecule has 2 aromatic carbocycles. The monoisotopic (exact) mass is 317 g/mol. The van der Waals surface area contributed by atoms with Crippen molar-refractivity contribution >= 4 is 5.97 Å². The van der Waals surface area contributed by atoms with Gasteiger partial charge in [-0.2, -0.15) is 0 Å². The molecule has 0 saturated carbocycles. The fraction of sp³-hybridized carbons (Fsp3) is 0.105. The molecule has 24 heavy (non-hydrogen) atoms. The summed E-state index contributed by atoms with van der Waals surface area (Å²) < 4.78 is 7.16. The van der Waals surface area contributed by atoms with Gasteiger partial charge in [0.15, 0.2) is 6.10 Å². The van der Waals surface area contributed by atoms with Crippen LogP contribution in [0.15, 0.2) is 67.3 Å². The molecule has 0 aliphatic heterocycles. The van der Waals surface area contributed by atoms with E-state index in [-0.39, 0.29) is 0 Å². The van der Waals surface area contributed by atoms with Gasteiger partial charge in [-0.25, -0.2) is 4.79 Å². The Kier molecular flexibility index (Phi) is 4.68. The molecule has 0 saturated heterocycles. The van der Waals surface area contributed by atoms with Gasteiger partial charge in [0, 0.05) is 12.1 Å². The predicted octanol–water partition coefficient (Wildman–Crippen LogP) is 2.67. The van der Waals surface area contributed by atoms with E-state index in [1.807, 2.05) is 30.3 Å². The number of esters is 1. The highest BCUT2D eigenvalue weighted by molar-refractivity contribution is 5.89. The van der Waals surface area contributed by atoms with Gasteiger partial charge in [-0.3, -0.25) is 4.57 Å². The lowest BCUT2D eigenvalue weighted by atomic mass is 10.1. The number of rotatable bonds is 5. The van der Waals surface area contributed by atoms with Crippen LogP contribution in [0.4, 0.5) is 0 Å². The summed E-state index contributed by atoms with van der Waals surface area (Å²) in [6.07, 6.45) is 8.55. The molecule has 1 heterocycles. The molecule has 0 fully saturated rings. The average Bonchev–Trinajstić information content (AvgIpc) is 3.17. The van der Waals surface area contributed by atoms with Gasteiger partial charge < -0.3 is 4.74 Å². The van der Waals surface area contributed by atoms with Crippen molar-refractivity contribution in [2.24, 2.45) is 0 Å². The van der Waals surface area contributed by atoms with Crippen molar-refractivity contribution in [2.75, 3.05) is 0 Å². The predicted molar refractivity (Wildman–Crippen MR) is 89.5 cm³/mol. The third-order valence-electron chi connectivity index (χ3n) is 3.52. The SMILES string of the molecule is C#C[C@H](Cc1ccccc1)OC(=O)c1ccc(-n2cnnc2)cc1. The molecule has 0 unspecified atom stereocenters. The van der Waals surface area contributed by atoms with E-state index in [9.17, 15) is 4.79 Å². The molecule has 0 aliphatic carbocycles. The highest BCUT2D eigenvalue weighted by Crippen LogP contribution is 2.12. The maximum absolute atomic E-state index is 12.3. The van der Waals surface area contributed by atoms with Crippen LogP contribution in [-0.2, 0) is 11.2 Å². The summed E-state index contributed by atoms with van der Waals surface area (Å²) in [4.78, 5) is 12.3. The number of carbonyl (C=O) groups is 1. The van der Waals surface area contributed by atoms with E-state index in [1.54, 1.807) is 41.5 Å². The zero-order valence-electron chi connectivity index (χ0n) is 12.9. The second kappa shape index (κ2) is 7.25. The second-order valence-corrected chi connectivity index (χ2v) is 5.17. The highest BCUT2D eigenvalue weighted by atomic mass is 16.5. The quantitative estimate of drug-likeness (QED) is 0.536. The molecular weight excluding hydrogens is 302 g/mol. The molecule has 3 rings (SSSR count). The summed E-state index contributed by atoms with van der Waals surface area (Å²) in [6.45, 7) is 0. The Bertz CT molecular complexity index is 835. The molecule has 1 aromatic heterocycles. The van der Waals surface area contributed by atoms with Gasteiger partial charge in [0.1, 0.15) is 12.7 Å². The van der Waals surface area contributed by atoms with Crippen LogP contribution in [0.2, 0.25) is 0 Å². The maximum Gasteiger partial charge on any atom is 0.339 e. The Morgan fingerprint density at radius 3 is 2.38 bits per heavy atom. The number of ether oxygens (including phenoxy) is 1. The van der Waals surface area contributed by atoms with Crippen molar-refractivity contribution in [3.63, 3.8) is 0 Å². The van der Waals surface area contributed by atoms with Crippen molar-refractivity contribution in [3.05, 3.63) is 78.4 Å². The first-order chi connectivity index (χ1) is 11.8. The summed E-state index contributed by atoms with van der Waals surface area (Å²) in [6, 6.07) is 16.6. The third-order valence-corrected chi connectivity index (χ3v) is 3.52. The van der Waals surface area contributed by atoms with E-state index in [4.69, 9.17) is 11.2 Å². The zero-order valence-corrected chi connectivity index (χ0v) is 12.9. The largest absolute Gasteiger partial charge is 0.445 e. The standard InChI is InChI=1S/C19H15N3O2/c1-2-18(12-15-6-4-3-5-7-15)24-19(23)16-8-10-17(11-9-16)22-13-20-21-14-22/h1,3-11,13-14,18H,12H2/t18-/m1/s1. The summed E-state index contributed by atoms with van der Waals surface area (Å²) in [5.41, 5.74) is 2.32. The fourth-order valence-corrected chi connectivity index (χ4v) is 2.26. The smallest absolute Gasteiger partial charge is 0.339 e. The van der Waals surface area contributed by atoms with Crippen LogP contribution in [0.5, 0.6) is 0 Å². The van der Waals surface area contributed by atoms with Gasteiger partial charge in [0.05, 0.1) is 5.56 Å². The minimum absolute atomic E-state index is 0.441. The van der Waals surface area contributed by atoms with Crippen molar-refractivity contribution in [1.82, 2.24) is 14.8 Å². The Labute approximate surface area is 139 Å². The maximum atomic E-state index is 12.3. The summed E-state index contributed by atoms with van der Waals surface area (Å²) in [7, 11) is 0. The Hall–Kier alpha value is -3.39. The van der Waals surface area contributed by atoms with Crippen LogP contribution in [0.25, 0.3) is 5.69 Å². The van der Waals surface area contributed by atoms with Gasteiger partial charge in [0.25, 0.3) is 0 Å². The summed E-state index contributed by atoms with van der Waals surface area (Å²) >= 11 is 0. The number of carbonyl (C=O) groups excluding carboxylic acids is 1. The number of nitrogens with zero attached hydrogens (tertiary/aromatic N) is 3. The number of hydrogen-bond donors (Lipinski definition) is 0. The van der Waals surface area contributed by atoms with E-state index in [0.29, 0.717) is 12.0 Å². The third kappa shape index (κ3) is 3.68. The van der Waals surface area contributed by atoms with Gasteiger partial charge in [-0.1, -0.05) is 36.3 Å². The average molecular weight is 317 g/mol. The van der Waals surface area contributed by atoms with Crippen molar-refractivity contribution < 1.29 is 9.53 Å². The van der Waals surface area contributed by atoms with E-state index in [1.165, 1.54) is 0 Å². The molecule has 0 bridgehead atoms. The second-order valence-electron chi connectivity index (χ2n) is 5.17. The molecule has 0 spiro atoms. The van der Waals surface area contributed by atoms with E-state index < -0.39 is 12.1 Å². The van der Waals surface area contributed by atoms with Crippen molar-refractivity contribution in [1.29, 1.82) is 0 Å². The summed E-state index contributed by atoms with van der Waals surface area (Å²) in [5.74, 6) is 2.08. The Morgan fingerprint density at radius 2 is 1.75 bits per heavy atom. The van der Waals surface area contributed by atoms with Crippen molar-refractivity contribution in [3.8, 4) is 18.0 Å². The van der Waals surface area contributed by atoms with E-state index in [2.05, 4.69) is 16.1 Å². The molecule has 118 valence electrons. The molecule has 5 heteroatoms. The number of terminal acetylenes is 1. The van der Waals surface area contributed by atoms with Crippen LogP contribution in [0.1, 0.15) is 15.9 Å². The molecule has 0 N–H and O–H groups in total. The van der Waals surface area contributed by atoms with Gasteiger partial charge >= 0.3 is 5.97 Å². The molecule has 0 aliphatic rings. The molecule has 5 nitrogen and oxygen atoms in total. The normalized spacial score (nSPS) is 11.5. The van der Waals surface area contributed by atoms with Crippen LogP contribution < -0.4 is 0 Å². The number of aromatic nitrogens is 3. The molecular formula is C19H15N3O2. The molecule has 0 amide bonds. The Balaban J connectivity index is 1.66. The fourth-order valence-electron chi connectivity index (χ4n) is 2.26. The van der Waals surface area contributed by atoms with Crippen LogP contribution in [0, 0.1) is 12.3 Å². The first-order valence-electron chi connectivity index (χ1n) is 7.42. The highest BCUT2D eigenvalue weighted by Gasteiger charge is 2.14. The first kappa shape index (κ1) is 15.5. The molecule has 0 radical (unpaired) electrons. The first-order valence-corrected chi connectivity index (χ1v) is 7.42. The minimum atomic E-state index is -0.600. The topological polar surface area (TPSA) is 57.0 Å². The molecule has 3 aromatic rings. The van der Waals surface area contributed by atoms with Crippen LogP contribution in [-0.4, -0.2) is 26.8 Å². The van der Waals surface area contributed by atoms with Gasteiger partial charge in [-0.05, 0) is 29.8 Å². The van der Waals surface area contributed by atoms with Gasteiger partial charge in [-0.15, -0.1) is 16.6 Å². The number of hydrogen-bond acceptors (Lipinski definition) is 4. The van der Waals surface area contributed by atoms with Crippen molar-refractivity contribution in [2.45, 2.75) is 12.5 Å². The van der Waals surface area contributed by atoms with Crippen LogP contribution >= 0.6 is 0 Å². The van der Waals surface area contributed by atoms with Gasteiger partial charge in [0.2, 0.25) is 0 Å². The lowest BCUT2D eigenvalue weighted by Crippen LogP contribution is -2.19. The zero-order chi connectivity index (χ0) is 16.8. The lowest BCUT2D eigenvalue weighted by molar-refractivity contribution is 0.0411. The number of benzene rings is 2. The lowest BCUT2D eigenvalue weighted by Gasteiger charge is -2.13. The summed E-state index contributed by atoms with van der Waals surface area (Å²) in [5, 5.41) is 7.49. The van der Waals surface area contributed by atoms with E-state index >= 15 is 0 Å². The van der Waals surface area contributed by atoms with E-state index in [0.717, 1.165) is 11.3 Å². The molecule has 1 atom stereocenters. The Morgan fingerprint density at radius 1 is 1.08 bits per heavy atom. The van der Waals surface area contributed by atoms with Crippen LogP contribution in [0.3, 0.4) is 0 Å².